The van der Waals surface area contributed by atoms with E-state index in [4.69, 9.17) is 0 Å². The van der Waals surface area contributed by atoms with E-state index >= 15 is 0 Å². The Morgan fingerprint density at radius 1 is 0.313 bits per heavy atom. The van der Waals surface area contributed by atoms with Gasteiger partial charge in [-0.25, -0.2) is 0 Å². The molecule has 6 nitrogen and oxygen atoms in total. The summed E-state index contributed by atoms with van der Waals surface area (Å²) in [5.74, 6) is 0. The standard InChI is InChI=1S/2C24H12F6N3.Fe/c2*25-23(26,27)15-8-13-5-3-7-31-21(13)19(10-15)33-20-11-16(24(28,29)30)9-18-17-6-2-1-4-14(17)12-32-22(18)20;/h2*1-12H;/q2*-1;+2. The second kappa shape index (κ2) is 17.2. The molecule has 0 aliphatic heterocycles. The molecule has 0 amide bonds. The van der Waals surface area contributed by atoms with Crippen molar-refractivity contribution < 1.29 is 69.8 Å². The van der Waals surface area contributed by atoms with Crippen molar-refractivity contribution in [3.63, 3.8) is 0 Å². The molecule has 0 radical (unpaired) electrons. The maximum absolute atomic E-state index is 13.7. The molecule has 338 valence electrons. The first-order valence-corrected chi connectivity index (χ1v) is 19.4. The molecule has 4 heterocycles. The van der Waals surface area contributed by atoms with E-state index in [-0.39, 0.29) is 83.4 Å². The maximum Gasteiger partial charge on any atom is 2.00 e. The largest absolute Gasteiger partial charge is 2.00 e. The molecule has 4 aromatic heterocycles. The van der Waals surface area contributed by atoms with Crippen molar-refractivity contribution in [2.45, 2.75) is 24.7 Å². The second-order valence-electron chi connectivity index (χ2n) is 14.8. The maximum atomic E-state index is 13.7. The molecule has 0 atom stereocenters. The molecular weight excluding hydrogens is 944 g/mol. The van der Waals surface area contributed by atoms with Crippen LogP contribution in [0.15, 0.2) is 146 Å². The van der Waals surface area contributed by atoms with E-state index in [2.05, 4.69) is 30.6 Å². The molecule has 0 N–H and O–H groups in total. The monoisotopic (exact) mass is 968 g/mol. The molecule has 0 unspecified atom stereocenters. The molecule has 10 aromatic rings. The van der Waals surface area contributed by atoms with Gasteiger partial charge in [0.25, 0.3) is 0 Å². The summed E-state index contributed by atoms with van der Waals surface area (Å²) in [6, 6.07) is 26.3. The van der Waals surface area contributed by atoms with Crippen molar-refractivity contribution in [3.05, 3.63) is 179 Å². The fourth-order valence-corrected chi connectivity index (χ4v) is 7.50. The van der Waals surface area contributed by atoms with Crippen LogP contribution in [0.3, 0.4) is 0 Å². The Balaban J connectivity index is 0.000000179. The van der Waals surface area contributed by atoms with Crippen LogP contribution in [0.2, 0.25) is 0 Å². The van der Waals surface area contributed by atoms with Crippen molar-refractivity contribution in [1.82, 2.24) is 19.9 Å². The van der Waals surface area contributed by atoms with E-state index in [1.54, 1.807) is 48.5 Å². The zero-order valence-corrected chi connectivity index (χ0v) is 34.5. The molecule has 0 bridgehead atoms. The Bertz CT molecular complexity index is 3290. The number of alkyl halides is 12. The molecule has 6 aromatic carbocycles. The topological polar surface area (TPSA) is 79.8 Å². The minimum atomic E-state index is -4.69. The fourth-order valence-electron chi connectivity index (χ4n) is 7.50. The zero-order chi connectivity index (χ0) is 46.8. The van der Waals surface area contributed by atoms with Gasteiger partial charge in [0.05, 0.1) is 44.3 Å². The smallest absolute Gasteiger partial charge is 0.654 e. The molecular formula is C48H24F12FeN6. The molecule has 67 heavy (non-hydrogen) atoms. The molecule has 19 heteroatoms. The molecule has 0 aliphatic carbocycles. The van der Waals surface area contributed by atoms with Gasteiger partial charge in [0.1, 0.15) is 0 Å². The molecule has 0 aliphatic rings. The van der Waals surface area contributed by atoms with Crippen LogP contribution in [0.25, 0.3) is 75.8 Å². The summed E-state index contributed by atoms with van der Waals surface area (Å²) in [5, 5.41) is 11.5. The van der Waals surface area contributed by atoms with Gasteiger partial charge >= 0.3 is 41.8 Å². The van der Waals surface area contributed by atoms with E-state index < -0.39 is 47.0 Å². The average molecular weight is 969 g/mol. The van der Waals surface area contributed by atoms with Crippen molar-refractivity contribution in [3.8, 4) is 0 Å². The summed E-state index contributed by atoms with van der Waals surface area (Å²) in [5.41, 5.74) is -4.14. The minimum absolute atomic E-state index is 0. The Morgan fingerprint density at radius 2 is 0.627 bits per heavy atom. The number of halogens is 12. The van der Waals surface area contributed by atoms with E-state index in [0.717, 1.165) is 48.5 Å². The number of nitrogens with zero attached hydrogens (tertiary/aromatic N) is 6. The normalized spacial score (nSPS) is 12.4. The summed E-state index contributed by atoms with van der Waals surface area (Å²) >= 11 is 0. The summed E-state index contributed by atoms with van der Waals surface area (Å²) in [6.07, 6.45) is -13.0. The Labute approximate surface area is 380 Å². The van der Waals surface area contributed by atoms with E-state index in [1.165, 1.54) is 49.1 Å². The first-order chi connectivity index (χ1) is 31.2. The molecule has 10 rings (SSSR count). The van der Waals surface area contributed by atoms with Crippen LogP contribution in [-0.4, -0.2) is 19.9 Å². The average Bonchev–Trinajstić information content (AvgIpc) is 3.27. The van der Waals surface area contributed by atoms with Gasteiger partial charge in [-0.2, -0.15) is 52.7 Å². The van der Waals surface area contributed by atoms with Gasteiger partial charge in [-0.1, -0.05) is 84.9 Å². The van der Waals surface area contributed by atoms with Crippen molar-refractivity contribution in [2.24, 2.45) is 0 Å². The Morgan fingerprint density at radius 3 is 0.985 bits per heavy atom. The van der Waals surface area contributed by atoms with Crippen LogP contribution in [0.1, 0.15) is 22.3 Å². The number of benzene rings is 6. The van der Waals surface area contributed by atoms with Gasteiger partial charge < -0.3 is 10.6 Å². The van der Waals surface area contributed by atoms with Gasteiger partial charge in [-0.15, -0.1) is 22.7 Å². The predicted molar refractivity (Wildman–Crippen MR) is 227 cm³/mol. The van der Waals surface area contributed by atoms with E-state index in [1.807, 2.05) is 0 Å². The predicted octanol–water partition coefficient (Wildman–Crippen LogP) is 16.6. The van der Waals surface area contributed by atoms with Crippen LogP contribution in [0.5, 0.6) is 0 Å². The number of pyridine rings is 4. The zero-order valence-electron chi connectivity index (χ0n) is 33.4. The number of rotatable bonds is 4. The van der Waals surface area contributed by atoms with Crippen LogP contribution >= 0.6 is 0 Å². The molecule has 0 fully saturated rings. The van der Waals surface area contributed by atoms with Gasteiger partial charge in [-0.3, -0.25) is 19.9 Å². The Kier molecular flexibility index (Phi) is 11.9. The second-order valence-corrected chi connectivity index (χ2v) is 14.8. The van der Waals surface area contributed by atoms with Crippen molar-refractivity contribution in [2.75, 3.05) is 0 Å². The minimum Gasteiger partial charge on any atom is -0.654 e. The summed E-state index contributed by atoms with van der Waals surface area (Å²) in [4.78, 5) is 16.7. The van der Waals surface area contributed by atoms with Crippen molar-refractivity contribution in [1.29, 1.82) is 0 Å². The number of fused-ring (bicyclic) bond motifs is 8. The molecule has 0 saturated heterocycles. The number of hydrogen-bond acceptors (Lipinski definition) is 4. The fraction of sp³-hybridized carbons (Fsp3) is 0.0833. The third kappa shape index (κ3) is 9.29. The third-order valence-corrected chi connectivity index (χ3v) is 10.5. The van der Waals surface area contributed by atoms with Gasteiger partial charge in [-0.05, 0) is 57.9 Å². The third-order valence-electron chi connectivity index (χ3n) is 10.5. The van der Waals surface area contributed by atoms with Crippen LogP contribution in [0, 0.1) is 0 Å². The number of hydrogen-bond donors (Lipinski definition) is 0. The van der Waals surface area contributed by atoms with Gasteiger partial charge in [0.15, 0.2) is 0 Å². The number of aromatic nitrogens is 4. The molecule has 0 saturated carbocycles. The SMILES string of the molecule is FC(F)(F)c1cc([N-]c2cc(C(F)(F)F)cc3c2ncc2ccccc23)c2ncccc2c1.FC(F)(F)c1cc([N-]c2cc(C(F)(F)F)cc3c2ncc2ccccc23)c2ncccc2c1.[Fe+2]. The van der Waals surface area contributed by atoms with Crippen molar-refractivity contribution >= 4 is 87.9 Å². The van der Waals surface area contributed by atoms with Gasteiger partial charge in [0.2, 0.25) is 0 Å². The van der Waals surface area contributed by atoms with E-state index in [0.29, 0.717) is 21.5 Å². The summed E-state index contributed by atoms with van der Waals surface area (Å²) < 4.78 is 163. The van der Waals surface area contributed by atoms with Crippen LogP contribution in [-0.2, 0) is 41.8 Å². The first kappa shape index (κ1) is 46.3. The van der Waals surface area contributed by atoms with E-state index in [9.17, 15) is 52.7 Å². The first-order valence-electron chi connectivity index (χ1n) is 19.4. The molecule has 0 spiro atoms. The summed E-state index contributed by atoms with van der Waals surface area (Å²) in [7, 11) is 0. The summed E-state index contributed by atoms with van der Waals surface area (Å²) in [6.45, 7) is 0. The van der Waals surface area contributed by atoms with Gasteiger partial charge in [0, 0.05) is 46.3 Å². The quantitative estimate of drug-likeness (QED) is 0.1000. The van der Waals surface area contributed by atoms with Crippen LogP contribution < -0.4 is 0 Å². The Hall–Kier alpha value is -7.24. The van der Waals surface area contributed by atoms with Crippen LogP contribution in [0.4, 0.5) is 75.4 Å².